The molecule has 1 heterocycles. The van der Waals surface area contributed by atoms with E-state index in [-0.39, 0.29) is 16.6 Å². The molecule has 0 aliphatic heterocycles. The predicted molar refractivity (Wildman–Crippen MR) is 94.9 cm³/mol. The molecule has 2 aromatic rings. The first-order valence-electron chi connectivity index (χ1n) is 7.74. The van der Waals surface area contributed by atoms with Crippen LogP contribution < -0.4 is 10.6 Å². The summed E-state index contributed by atoms with van der Waals surface area (Å²) in [6.45, 7) is 1.92. The fourth-order valence-corrected chi connectivity index (χ4v) is 3.31. The smallest absolute Gasteiger partial charge is 0.319 e. The molecule has 0 aliphatic rings. The zero-order chi connectivity index (χ0) is 17.7. The van der Waals surface area contributed by atoms with E-state index in [9.17, 15) is 13.2 Å². The lowest BCUT2D eigenvalue weighted by atomic mass is 10.1. The molecular weight excluding hydrogens is 326 g/mol. The van der Waals surface area contributed by atoms with Gasteiger partial charge in [0.2, 0.25) is 0 Å². The topological polar surface area (TPSA) is 80.2 Å². The van der Waals surface area contributed by atoms with E-state index in [1.54, 1.807) is 18.2 Å². The van der Waals surface area contributed by atoms with Crippen LogP contribution in [-0.4, -0.2) is 31.3 Å². The molecule has 0 fully saturated rings. The largest absolute Gasteiger partial charge is 0.354 e. The van der Waals surface area contributed by atoms with E-state index in [2.05, 4.69) is 21.3 Å². The molecule has 1 aromatic carbocycles. The lowest BCUT2D eigenvalue weighted by Gasteiger charge is -2.16. The first-order valence-corrected chi connectivity index (χ1v) is 9.63. The van der Waals surface area contributed by atoms with Crippen molar-refractivity contribution in [2.45, 2.75) is 30.7 Å². The highest BCUT2D eigenvalue weighted by Crippen LogP contribution is 2.20. The molecule has 2 N–H and O–H groups in total. The molecule has 0 saturated carbocycles. The Bertz CT molecular complexity index is 812. The number of amides is 2. The lowest BCUT2D eigenvalue weighted by Crippen LogP contribution is -2.36. The number of nitrogens with zero attached hydrogens (tertiary/aromatic N) is 1. The summed E-state index contributed by atoms with van der Waals surface area (Å²) in [6, 6.07) is 9.95. The monoisotopic (exact) mass is 349 g/mol. The highest BCUT2D eigenvalue weighted by atomic mass is 32.2. The fraction of sp³-hybridized carbons (Fsp3) is 0.353. The summed E-state index contributed by atoms with van der Waals surface area (Å²) in [5.41, 5.74) is 1.48. The summed E-state index contributed by atoms with van der Waals surface area (Å²) in [5.74, 6) is 0. The van der Waals surface area contributed by atoms with Crippen molar-refractivity contribution < 1.29 is 13.2 Å². The minimum absolute atomic E-state index is 0.0368. The molecule has 1 aromatic heterocycles. The van der Waals surface area contributed by atoms with Crippen LogP contribution in [0.4, 0.5) is 10.5 Å². The van der Waals surface area contributed by atoms with Gasteiger partial charge in [0.15, 0.2) is 9.84 Å². The Morgan fingerprint density at radius 1 is 1.21 bits per heavy atom. The molecule has 6 nitrogen and oxygen atoms in total. The fourth-order valence-electron chi connectivity index (χ4n) is 2.47. The second-order valence-electron chi connectivity index (χ2n) is 5.92. The van der Waals surface area contributed by atoms with Crippen LogP contribution in [0.5, 0.6) is 0 Å². The number of hydrogen-bond donors (Lipinski definition) is 2. The van der Waals surface area contributed by atoms with E-state index in [0.717, 1.165) is 19.1 Å². The third kappa shape index (κ3) is 4.86. The average Bonchev–Trinajstić information content (AvgIpc) is 2.89. The maximum absolute atomic E-state index is 12.1. The third-order valence-electron chi connectivity index (χ3n) is 3.80. The lowest BCUT2D eigenvalue weighted by molar-refractivity contribution is 0.248. The summed E-state index contributed by atoms with van der Waals surface area (Å²) in [5, 5.41) is 5.45. The Balaban J connectivity index is 1.93. The number of aromatic nitrogens is 1. The van der Waals surface area contributed by atoms with E-state index in [1.807, 2.05) is 26.2 Å². The van der Waals surface area contributed by atoms with Crippen molar-refractivity contribution in [3.05, 3.63) is 48.3 Å². The van der Waals surface area contributed by atoms with Crippen molar-refractivity contribution in [1.29, 1.82) is 0 Å². The summed E-state index contributed by atoms with van der Waals surface area (Å²) in [4.78, 5) is 12.2. The molecule has 130 valence electrons. The molecule has 0 aliphatic carbocycles. The zero-order valence-corrected chi connectivity index (χ0v) is 14.9. The number of nitrogens with one attached hydrogen (secondary N) is 2. The highest BCUT2D eigenvalue weighted by molar-refractivity contribution is 7.90. The van der Waals surface area contributed by atoms with Crippen molar-refractivity contribution in [2.24, 2.45) is 7.05 Å². The van der Waals surface area contributed by atoms with Gasteiger partial charge >= 0.3 is 6.03 Å². The molecule has 0 radical (unpaired) electrons. The minimum Gasteiger partial charge on any atom is -0.354 e. The van der Waals surface area contributed by atoms with Gasteiger partial charge in [-0.15, -0.1) is 0 Å². The Labute approximate surface area is 142 Å². The van der Waals surface area contributed by atoms with Gasteiger partial charge in [0.05, 0.1) is 10.6 Å². The van der Waals surface area contributed by atoms with E-state index in [0.29, 0.717) is 0 Å². The highest BCUT2D eigenvalue weighted by Gasteiger charge is 2.15. The molecule has 0 saturated heterocycles. The molecule has 2 amide bonds. The number of para-hydroxylation sites is 1. The van der Waals surface area contributed by atoms with Gasteiger partial charge in [-0.2, -0.15) is 0 Å². The van der Waals surface area contributed by atoms with Crippen LogP contribution in [0, 0.1) is 0 Å². The van der Waals surface area contributed by atoms with Gasteiger partial charge < -0.3 is 15.2 Å². The second kappa shape index (κ2) is 7.53. The molecular formula is C17H23N3O3S. The van der Waals surface area contributed by atoms with Gasteiger partial charge in [-0.05, 0) is 44.0 Å². The summed E-state index contributed by atoms with van der Waals surface area (Å²) in [7, 11) is -1.41. The molecule has 7 heteroatoms. The third-order valence-corrected chi connectivity index (χ3v) is 4.95. The van der Waals surface area contributed by atoms with Crippen LogP contribution in [0.3, 0.4) is 0 Å². The summed E-state index contributed by atoms with van der Waals surface area (Å²) < 4.78 is 25.5. The zero-order valence-electron chi connectivity index (χ0n) is 14.1. The van der Waals surface area contributed by atoms with Crippen molar-refractivity contribution in [3.8, 4) is 0 Å². The summed E-state index contributed by atoms with van der Waals surface area (Å²) in [6.07, 6.45) is 4.75. The van der Waals surface area contributed by atoms with E-state index >= 15 is 0 Å². The number of anilines is 1. The average molecular weight is 349 g/mol. The van der Waals surface area contributed by atoms with Crippen molar-refractivity contribution in [2.75, 3.05) is 11.6 Å². The van der Waals surface area contributed by atoms with Gasteiger partial charge in [0.1, 0.15) is 0 Å². The molecule has 0 unspecified atom stereocenters. The molecule has 24 heavy (non-hydrogen) atoms. The number of aryl methyl sites for hydroxylation is 2. The SMILES string of the molecule is C[C@H](CCc1cccn1C)NC(=O)Nc1ccccc1S(C)(=O)=O. The molecule has 0 spiro atoms. The number of urea groups is 1. The van der Waals surface area contributed by atoms with E-state index in [1.165, 1.54) is 11.8 Å². The van der Waals surface area contributed by atoms with Crippen LogP contribution in [0.2, 0.25) is 0 Å². The van der Waals surface area contributed by atoms with Crippen LogP contribution in [0.1, 0.15) is 19.0 Å². The Morgan fingerprint density at radius 3 is 2.54 bits per heavy atom. The van der Waals surface area contributed by atoms with Crippen molar-refractivity contribution >= 4 is 21.6 Å². The van der Waals surface area contributed by atoms with Crippen LogP contribution in [0.15, 0.2) is 47.5 Å². The van der Waals surface area contributed by atoms with Gasteiger partial charge in [-0.25, -0.2) is 13.2 Å². The van der Waals surface area contributed by atoms with Crippen LogP contribution in [0.25, 0.3) is 0 Å². The van der Waals surface area contributed by atoms with Gasteiger partial charge in [-0.3, -0.25) is 0 Å². The maximum Gasteiger partial charge on any atom is 0.319 e. The van der Waals surface area contributed by atoms with Gasteiger partial charge in [0, 0.05) is 31.2 Å². The number of hydrogen-bond acceptors (Lipinski definition) is 3. The molecule has 2 rings (SSSR count). The normalized spacial score (nSPS) is 12.6. The van der Waals surface area contributed by atoms with Crippen LogP contribution in [-0.2, 0) is 23.3 Å². The number of carbonyl (C=O) groups is 1. The van der Waals surface area contributed by atoms with Crippen molar-refractivity contribution in [1.82, 2.24) is 9.88 Å². The van der Waals surface area contributed by atoms with E-state index < -0.39 is 15.9 Å². The van der Waals surface area contributed by atoms with Crippen molar-refractivity contribution in [3.63, 3.8) is 0 Å². The van der Waals surface area contributed by atoms with Crippen LogP contribution >= 0.6 is 0 Å². The van der Waals surface area contributed by atoms with Gasteiger partial charge in [0.25, 0.3) is 0 Å². The second-order valence-corrected chi connectivity index (χ2v) is 7.90. The molecule has 1 atom stereocenters. The Morgan fingerprint density at radius 2 is 1.92 bits per heavy atom. The van der Waals surface area contributed by atoms with Gasteiger partial charge in [-0.1, -0.05) is 12.1 Å². The minimum atomic E-state index is -3.40. The maximum atomic E-state index is 12.1. The summed E-state index contributed by atoms with van der Waals surface area (Å²) >= 11 is 0. The molecule has 0 bridgehead atoms. The number of rotatable bonds is 6. The number of sulfone groups is 1. The number of benzene rings is 1. The quantitative estimate of drug-likeness (QED) is 0.841. The first-order chi connectivity index (χ1) is 11.3. The standard InChI is InChI=1S/C17H23N3O3S/c1-13(10-11-14-7-6-12-20(14)2)18-17(21)19-15-8-4-5-9-16(15)24(3,22)23/h4-9,12-13H,10-11H2,1-3H3,(H2,18,19,21)/t13-/m1/s1. The van der Waals surface area contributed by atoms with E-state index in [4.69, 9.17) is 0 Å². The Kier molecular flexibility index (Phi) is 5.66. The first kappa shape index (κ1) is 18.1. The Hall–Kier alpha value is -2.28. The number of carbonyl (C=O) groups excluding carboxylic acids is 1. The predicted octanol–water partition coefficient (Wildman–Crippen LogP) is 2.57.